The van der Waals surface area contributed by atoms with E-state index < -0.39 is 35.3 Å². The Labute approximate surface area is 215 Å². The molecule has 2 atom stereocenters. The van der Waals surface area contributed by atoms with Crippen molar-refractivity contribution in [2.24, 2.45) is 11.8 Å². The van der Waals surface area contributed by atoms with E-state index >= 15 is 0 Å². The quantitative estimate of drug-likeness (QED) is 0.130. The summed E-state index contributed by atoms with van der Waals surface area (Å²) in [5.41, 5.74) is 0.791. The summed E-state index contributed by atoms with van der Waals surface area (Å²) in [6.07, 6.45) is 5.14. The maximum atomic E-state index is 13.3. The fraction of sp³-hybridized carbons (Fsp3) is 0.500. The first-order valence-electron chi connectivity index (χ1n) is 12.8. The summed E-state index contributed by atoms with van der Waals surface area (Å²) in [7, 11) is 0. The fourth-order valence-electron chi connectivity index (χ4n) is 3.83. The van der Waals surface area contributed by atoms with Crippen LogP contribution in [-0.4, -0.2) is 23.5 Å². The first-order valence-corrected chi connectivity index (χ1v) is 12.8. The van der Waals surface area contributed by atoms with E-state index in [1.54, 1.807) is 20.8 Å². The third-order valence-electron chi connectivity index (χ3n) is 5.69. The number of rotatable bonds is 14. The molecule has 0 radical (unpaired) electrons. The Morgan fingerprint density at radius 3 is 1.69 bits per heavy atom. The lowest BCUT2D eigenvalue weighted by Crippen LogP contribution is -2.41. The van der Waals surface area contributed by atoms with E-state index in [0.29, 0.717) is 12.8 Å². The number of carbonyl (C=O) groups is 3. The number of esters is 3. The van der Waals surface area contributed by atoms with E-state index in [2.05, 4.69) is 6.92 Å². The highest BCUT2D eigenvalue weighted by molar-refractivity contribution is 5.99. The first-order chi connectivity index (χ1) is 17.2. The van der Waals surface area contributed by atoms with Crippen molar-refractivity contribution in [3.8, 4) is 0 Å². The van der Waals surface area contributed by atoms with Crippen molar-refractivity contribution in [3.63, 3.8) is 0 Å². The van der Waals surface area contributed by atoms with Crippen molar-refractivity contribution in [3.05, 3.63) is 71.8 Å². The molecule has 2 aromatic carbocycles. The van der Waals surface area contributed by atoms with Crippen molar-refractivity contribution in [2.45, 2.75) is 85.0 Å². The topological polar surface area (TPSA) is 78.9 Å². The largest absolute Gasteiger partial charge is 0.461 e. The molecule has 1 unspecified atom stereocenters. The SMILES string of the molecule is CCCCCCC[C@@H](C(=O)OCc1ccccc1)C(C(=O)OCc1ccccc1)C(=O)OC(C)(C)C. The monoisotopic (exact) mass is 496 g/mol. The second kappa shape index (κ2) is 15.1. The molecule has 0 amide bonds. The van der Waals surface area contributed by atoms with Gasteiger partial charge in [0.15, 0.2) is 5.92 Å². The minimum atomic E-state index is -1.40. The fourth-order valence-corrected chi connectivity index (χ4v) is 3.83. The highest BCUT2D eigenvalue weighted by atomic mass is 16.6. The van der Waals surface area contributed by atoms with Gasteiger partial charge in [0.05, 0.1) is 5.92 Å². The van der Waals surface area contributed by atoms with Gasteiger partial charge in [-0.05, 0) is 38.3 Å². The Bertz CT molecular complexity index is 933. The maximum absolute atomic E-state index is 13.3. The van der Waals surface area contributed by atoms with Gasteiger partial charge in [0.2, 0.25) is 0 Å². The Balaban J connectivity index is 2.23. The van der Waals surface area contributed by atoms with E-state index in [4.69, 9.17) is 14.2 Å². The molecule has 0 saturated heterocycles. The van der Waals surface area contributed by atoms with Crippen molar-refractivity contribution in [1.29, 1.82) is 0 Å². The van der Waals surface area contributed by atoms with Crippen molar-refractivity contribution in [2.75, 3.05) is 0 Å². The second-order valence-electron chi connectivity index (χ2n) is 10.0. The van der Waals surface area contributed by atoms with E-state index in [-0.39, 0.29) is 13.2 Å². The Morgan fingerprint density at radius 2 is 1.19 bits per heavy atom. The van der Waals surface area contributed by atoms with Gasteiger partial charge in [0, 0.05) is 0 Å². The van der Waals surface area contributed by atoms with Crippen LogP contribution in [0.3, 0.4) is 0 Å². The molecule has 0 N–H and O–H groups in total. The first kappa shape index (κ1) is 29.1. The van der Waals surface area contributed by atoms with Gasteiger partial charge < -0.3 is 14.2 Å². The molecule has 36 heavy (non-hydrogen) atoms. The summed E-state index contributed by atoms with van der Waals surface area (Å²) in [4.78, 5) is 39.8. The summed E-state index contributed by atoms with van der Waals surface area (Å²) in [5.74, 6) is -4.53. The molecule has 2 rings (SSSR count). The van der Waals surface area contributed by atoms with Gasteiger partial charge in [0.1, 0.15) is 18.8 Å². The molecule has 0 fully saturated rings. The highest BCUT2D eigenvalue weighted by Crippen LogP contribution is 2.27. The van der Waals surface area contributed by atoms with E-state index in [0.717, 1.165) is 36.8 Å². The van der Waals surface area contributed by atoms with Gasteiger partial charge >= 0.3 is 17.9 Å². The summed E-state index contributed by atoms with van der Waals surface area (Å²) < 4.78 is 16.7. The molecule has 6 heteroatoms. The number of benzene rings is 2. The average Bonchev–Trinajstić information content (AvgIpc) is 2.85. The lowest BCUT2D eigenvalue weighted by atomic mass is 9.87. The molecule has 0 aliphatic carbocycles. The average molecular weight is 497 g/mol. The van der Waals surface area contributed by atoms with E-state index in [1.807, 2.05) is 60.7 Å². The maximum Gasteiger partial charge on any atom is 0.321 e. The number of carbonyl (C=O) groups excluding carboxylic acids is 3. The molecule has 196 valence electrons. The zero-order valence-electron chi connectivity index (χ0n) is 22.0. The molecule has 0 spiro atoms. The molecule has 2 aromatic rings. The van der Waals surface area contributed by atoms with Crippen molar-refractivity contribution >= 4 is 17.9 Å². The van der Waals surface area contributed by atoms with Gasteiger partial charge in [-0.25, -0.2) is 0 Å². The number of unbranched alkanes of at least 4 members (excludes halogenated alkanes) is 4. The molecule has 0 aliphatic heterocycles. The smallest absolute Gasteiger partial charge is 0.321 e. The zero-order valence-corrected chi connectivity index (χ0v) is 22.0. The predicted octanol–water partition coefficient (Wildman–Crippen LogP) is 6.41. The third kappa shape index (κ3) is 10.6. The standard InChI is InChI=1S/C30H40O6/c1-5-6-7-8-15-20-25(27(31)34-21-23-16-11-9-12-17-23)26(29(33)36-30(2,3)4)28(32)35-22-24-18-13-10-14-19-24/h9-14,16-19,25-26H,5-8,15,20-22H2,1-4H3/t25-,26?/m1/s1. The molecule has 0 saturated carbocycles. The zero-order chi connectivity index (χ0) is 26.4. The number of hydrogen-bond acceptors (Lipinski definition) is 6. The Hall–Kier alpha value is -3.15. The van der Waals surface area contributed by atoms with Crippen molar-refractivity contribution in [1.82, 2.24) is 0 Å². The van der Waals surface area contributed by atoms with E-state index in [9.17, 15) is 14.4 Å². The summed E-state index contributed by atoms with van der Waals surface area (Å²) in [5, 5.41) is 0. The lowest BCUT2D eigenvalue weighted by Gasteiger charge is -2.27. The molecule has 6 nitrogen and oxygen atoms in total. The van der Waals surface area contributed by atoms with Gasteiger partial charge in [0.25, 0.3) is 0 Å². The normalized spacial score (nSPS) is 12.9. The van der Waals surface area contributed by atoms with Crippen LogP contribution in [0.1, 0.15) is 77.3 Å². The molecule has 0 bridgehead atoms. The minimum Gasteiger partial charge on any atom is -0.461 e. The third-order valence-corrected chi connectivity index (χ3v) is 5.69. The summed E-state index contributed by atoms with van der Waals surface area (Å²) >= 11 is 0. The van der Waals surface area contributed by atoms with Gasteiger partial charge in [-0.3, -0.25) is 14.4 Å². The second-order valence-corrected chi connectivity index (χ2v) is 10.0. The Morgan fingerprint density at radius 1 is 0.694 bits per heavy atom. The van der Waals surface area contributed by atoms with Crippen LogP contribution in [-0.2, 0) is 41.8 Å². The highest BCUT2D eigenvalue weighted by Gasteiger charge is 2.43. The predicted molar refractivity (Wildman–Crippen MR) is 139 cm³/mol. The molecule has 0 heterocycles. The van der Waals surface area contributed by atoms with Crippen LogP contribution < -0.4 is 0 Å². The van der Waals surface area contributed by atoms with Crippen LogP contribution in [0.2, 0.25) is 0 Å². The number of hydrogen-bond donors (Lipinski definition) is 0. The molecular weight excluding hydrogens is 456 g/mol. The van der Waals surface area contributed by atoms with Crippen LogP contribution in [0, 0.1) is 11.8 Å². The van der Waals surface area contributed by atoms with Gasteiger partial charge in [-0.15, -0.1) is 0 Å². The summed E-state index contributed by atoms with van der Waals surface area (Å²) in [6, 6.07) is 18.5. The van der Waals surface area contributed by atoms with Gasteiger partial charge in [-0.1, -0.05) is 99.7 Å². The molecular formula is C30H40O6. The Kier molecular flexibility index (Phi) is 12.2. The van der Waals surface area contributed by atoms with Crippen LogP contribution in [0.4, 0.5) is 0 Å². The van der Waals surface area contributed by atoms with Crippen LogP contribution in [0.25, 0.3) is 0 Å². The van der Waals surface area contributed by atoms with Gasteiger partial charge in [-0.2, -0.15) is 0 Å². The number of ether oxygens (including phenoxy) is 3. The molecule has 0 aromatic heterocycles. The van der Waals surface area contributed by atoms with Crippen LogP contribution >= 0.6 is 0 Å². The lowest BCUT2D eigenvalue weighted by molar-refractivity contribution is -0.178. The summed E-state index contributed by atoms with van der Waals surface area (Å²) in [6.45, 7) is 7.37. The van der Waals surface area contributed by atoms with Crippen LogP contribution in [0.15, 0.2) is 60.7 Å². The van der Waals surface area contributed by atoms with E-state index in [1.165, 1.54) is 0 Å². The molecule has 0 aliphatic rings. The van der Waals surface area contributed by atoms with Crippen molar-refractivity contribution < 1.29 is 28.6 Å². The van der Waals surface area contributed by atoms with Crippen LogP contribution in [0.5, 0.6) is 0 Å². The minimum absolute atomic E-state index is 0.00124.